The molecule has 0 saturated heterocycles. The van der Waals surface area contributed by atoms with Crippen LogP contribution in [0.4, 0.5) is 5.69 Å². The Labute approximate surface area is 142 Å². The van der Waals surface area contributed by atoms with Gasteiger partial charge in [0, 0.05) is 24.5 Å². The van der Waals surface area contributed by atoms with Crippen LogP contribution in [0.2, 0.25) is 0 Å². The molecule has 0 fully saturated rings. The minimum absolute atomic E-state index is 0.313. The number of hydrogen-bond acceptors (Lipinski definition) is 5. The summed E-state index contributed by atoms with van der Waals surface area (Å²) in [6.07, 6.45) is 0.984. The van der Waals surface area contributed by atoms with Crippen molar-refractivity contribution in [3.63, 3.8) is 0 Å². The third kappa shape index (κ3) is 3.52. The minimum Gasteiger partial charge on any atom is -0.451 e. The molecule has 25 heavy (non-hydrogen) atoms. The smallest absolute Gasteiger partial charge is 0.328 e. The highest BCUT2D eigenvalue weighted by Gasteiger charge is 2.29. The molecule has 1 aliphatic heterocycles. The van der Waals surface area contributed by atoms with Gasteiger partial charge in [-0.05, 0) is 25.0 Å². The maximum atomic E-state index is 12.5. The molecular formula is C17H17N3O5. The lowest BCUT2D eigenvalue weighted by Gasteiger charge is -2.21. The monoisotopic (exact) mass is 343 g/mol. The fraction of sp³-hybridized carbons (Fsp3) is 0.294. The summed E-state index contributed by atoms with van der Waals surface area (Å²) < 4.78 is 6.15. The zero-order valence-corrected chi connectivity index (χ0v) is 13.6. The van der Waals surface area contributed by atoms with E-state index in [0.717, 1.165) is 28.3 Å². The Kier molecular flexibility index (Phi) is 4.51. The minimum atomic E-state index is -0.975. The Morgan fingerprint density at radius 3 is 2.76 bits per heavy atom. The van der Waals surface area contributed by atoms with Crippen LogP contribution < -0.4 is 16.1 Å². The predicted molar refractivity (Wildman–Crippen MR) is 89.4 cm³/mol. The summed E-state index contributed by atoms with van der Waals surface area (Å²) in [5.74, 6) is -1.05. The van der Waals surface area contributed by atoms with Gasteiger partial charge in [-0.15, -0.1) is 0 Å². The highest BCUT2D eigenvalue weighted by atomic mass is 16.5. The second-order valence-corrected chi connectivity index (χ2v) is 5.74. The molecule has 1 atom stereocenters. The number of aromatic amines is 1. The molecule has 1 aromatic heterocycles. The summed E-state index contributed by atoms with van der Waals surface area (Å²) in [5.41, 5.74) is 0.643. The van der Waals surface area contributed by atoms with Crippen molar-refractivity contribution in [1.82, 2.24) is 9.55 Å². The van der Waals surface area contributed by atoms with Gasteiger partial charge in [0.05, 0.1) is 0 Å². The van der Waals surface area contributed by atoms with E-state index in [-0.39, 0.29) is 12.5 Å². The van der Waals surface area contributed by atoms with Gasteiger partial charge in [0.1, 0.15) is 6.54 Å². The van der Waals surface area contributed by atoms with E-state index in [4.69, 9.17) is 4.74 Å². The lowest BCUT2D eigenvalue weighted by atomic mass is 10.2. The third-order valence-electron chi connectivity index (χ3n) is 4.01. The summed E-state index contributed by atoms with van der Waals surface area (Å²) >= 11 is 0. The fourth-order valence-electron chi connectivity index (χ4n) is 2.78. The second-order valence-electron chi connectivity index (χ2n) is 5.74. The van der Waals surface area contributed by atoms with Crippen LogP contribution in [0.5, 0.6) is 0 Å². The maximum absolute atomic E-state index is 12.5. The highest BCUT2D eigenvalue weighted by Crippen LogP contribution is 2.28. The standard InChI is InChI=1S/C17H17N3O5/c1-11(16(23)20-9-6-12-4-2-3-5-13(12)20)25-15(22)10-19-8-7-14(21)18-17(19)24/h2-5,7-8,11H,6,9-10H2,1H3,(H,18,21,24)/t11-/m1/s1. The molecule has 0 radical (unpaired) electrons. The Morgan fingerprint density at radius 1 is 1.24 bits per heavy atom. The molecule has 1 aliphatic rings. The first-order valence-corrected chi connectivity index (χ1v) is 7.84. The number of ether oxygens (including phenoxy) is 1. The first-order chi connectivity index (χ1) is 12.0. The molecule has 2 aromatic rings. The van der Waals surface area contributed by atoms with Crippen LogP contribution in [0.15, 0.2) is 46.1 Å². The van der Waals surface area contributed by atoms with Crippen molar-refractivity contribution in [1.29, 1.82) is 0 Å². The van der Waals surface area contributed by atoms with Crippen molar-refractivity contribution in [2.45, 2.75) is 26.0 Å². The van der Waals surface area contributed by atoms with E-state index in [1.54, 1.807) is 4.90 Å². The van der Waals surface area contributed by atoms with Crippen LogP contribution in [-0.4, -0.2) is 34.1 Å². The number of para-hydroxylation sites is 1. The van der Waals surface area contributed by atoms with Gasteiger partial charge in [-0.2, -0.15) is 0 Å². The third-order valence-corrected chi connectivity index (χ3v) is 4.01. The largest absolute Gasteiger partial charge is 0.451 e. The first kappa shape index (κ1) is 16.7. The molecule has 0 bridgehead atoms. The summed E-state index contributed by atoms with van der Waals surface area (Å²) in [5, 5.41) is 0. The Bertz CT molecular complexity index is 930. The van der Waals surface area contributed by atoms with Gasteiger partial charge in [0.15, 0.2) is 6.10 Å². The number of rotatable bonds is 4. The molecule has 0 aliphatic carbocycles. The van der Waals surface area contributed by atoms with Crippen molar-refractivity contribution in [2.75, 3.05) is 11.4 Å². The molecule has 1 aromatic carbocycles. The van der Waals surface area contributed by atoms with Crippen LogP contribution >= 0.6 is 0 Å². The van der Waals surface area contributed by atoms with Gasteiger partial charge in [-0.25, -0.2) is 4.79 Å². The van der Waals surface area contributed by atoms with Crippen LogP contribution in [-0.2, 0) is 27.3 Å². The molecule has 0 saturated carbocycles. The second kappa shape index (κ2) is 6.76. The zero-order valence-electron chi connectivity index (χ0n) is 13.6. The van der Waals surface area contributed by atoms with Crippen LogP contribution in [0.3, 0.4) is 0 Å². The van der Waals surface area contributed by atoms with Crippen molar-refractivity contribution in [2.24, 2.45) is 0 Å². The molecule has 0 unspecified atom stereocenters. The number of H-pyrrole nitrogens is 1. The molecule has 2 heterocycles. The predicted octanol–water partition coefficient (Wildman–Crippen LogP) is 0.0576. The molecule has 0 spiro atoms. The van der Waals surface area contributed by atoms with Crippen molar-refractivity contribution >= 4 is 17.6 Å². The number of aromatic nitrogens is 2. The number of esters is 1. The molecule has 1 amide bonds. The van der Waals surface area contributed by atoms with Gasteiger partial charge in [-0.3, -0.25) is 23.9 Å². The normalized spacial score (nSPS) is 14.0. The maximum Gasteiger partial charge on any atom is 0.328 e. The fourth-order valence-corrected chi connectivity index (χ4v) is 2.78. The van der Waals surface area contributed by atoms with E-state index in [1.165, 1.54) is 13.1 Å². The number of fused-ring (bicyclic) bond motifs is 1. The lowest BCUT2D eigenvalue weighted by Crippen LogP contribution is -2.40. The number of nitrogens with one attached hydrogen (secondary N) is 1. The lowest BCUT2D eigenvalue weighted by molar-refractivity contribution is -0.154. The average Bonchev–Trinajstić information content (AvgIpc) is 3.00. The molecule has 8 nitrogen and oxygen atoms in total. The van der Waals surface area contributed by atoms with E-state index in [1.807, 2.05) is 29.2 Å². The van der Waals surface area contributed by atoms with Gasteiger partial charge >= 0.3 is 11.7 Å². The van der Waals surface area contributed by atoms with E-state index < -0.39 is 23.3 Å². The molecule has 8 heteroatoms. The van der Waals surface area contributed by atoms with Gasteiger partial charge < -0.3 is 9.64 Å². The number of carbonyl (C=O) groups is 2. The Hall–Kier alpha value is -3.16. The number of benzene rings is 1. The van der Waals surface area contributed by atoms with Crippen molar-refractivity contribution < 1.29 is 14.3 Å². The molecule has 130 valence electrons. The van der Waals surface area contributed by atoms with E-state index in [9.17, 15) is 19.2 Å². The van der Waals surface area contributed by atoms with E-state index in [0.29, 0.717) is 6.54 Å². The van der Waals surface area contributed by atoms with Crippen LogP contribution in [0, 0.1) is 0 Å². The van der Waals surface area contributed by atoms with Gasteiger partial charge in [0.2, 0.25) is 0 Å². The summed E-state index contributed by atoms with van der Waals surface area (Å²) in [6.45, 7) is 1.65. The molecule has 3 rings (SSSR count). The SMILES string of the molecule is C[C@@H](OC(=O)Cn1ccc(=O)[nH]c1=O)C(=O)N1CCc2ccccc21. The number of hydrogen-bond donors (Lipinski definition) is 1. The summed E-state index contributed by atoms with van der Waals surface area (Å²) in [6, 6.07) is 8.71. The number of amides is 1. The van der Waals surface area contributed by atoms with Gasteiger partial charge in [0.25, 0.3) is 11.5 Å². The topological polar surface area (TPSA) is 101 Å². The first-order valence-electron chi connectivity index (χ1n) is 7.84. The Morgan fingerprint density at radius 2 is 2.00 bits per heavy atom. The molecule has 1 N–H and O–H groups in total. The van der Waals surface area contributed by atoms with Gasteiger partial charge in [-0.1, -0.05) is 18.2 Å². The van der Waals surface area contributed by atoms with E-state index in [2.05, 4.69) is 0 Å². The zero-order chi connectivity index (χ0) is 18.0. The quantitative estimate of drug-likeness (QED) is 0.791. The number of carbonyl (C=O) groups excluding carboxylic acids is 2. The van der Waals surface area contributed by atoms with Crippen molar-refractivity contribution in [3.8, 4) is 0 Å². The Balaban J connectivity index is 1.65. The average molecular weight is 343 g/mol. The summed E-state index contributed by atoms with van der Waals surface area (Å²) in [4.78, 5) is 50.7. The van der Waals surface area contributed by atoms with Crippen LogP contribution in [0.25, 0.3) is 0 Å². The summed E-state index contributed by atoms with van der Waals surface area (Å²) in [7, 11) is 0. The van der Waals surface area contributed by atoms with Crippen molar-refractivity contribution in [3.05, 3.63) is 62.9 Å². The molecular weight excluding hydrogens is 326 g/mol. The van der Waals surface area contributed by atoms with E-state index >= 15 is 0 Å². The highest BCUT2D eigenvalue weighted by molar-refractivity contribution is 5.99. The number of anilines is 1. The number of nitrogens with zero attached hydrogens (tertiary/aromatic N) is 2. The van der Waals surface area contributed by atoms with Crippen LogP contribution in [0.1, 0.15) is 12.5 Å².